The zero-order valence-electron chi connectivity index (χ0n) is 12.1. The van der Waals surface area contributed by atoms with Crippen LogP contribution >= 0.6 is 11.6 Å². The predicted octanol–water partition coefficient (Wildman–Crippen LogP) is 3.42. The Balaban J connectivity index is 2.38. The number of rotatable bonds is 6. The maximum absolute atomic E-state index is 12.3. The number of Topliss-reactive ketones (excluding diaryl/α,β-unsaturated/α-hetero) is 1. The smallest absolute Gasteiger partial charge is 0.249 e. The van der Waals surface area contributed by atoms with Crippen molar-refractivity contribution in [3.05, 3.63) is 65.7 Å². The Bertz CT molecular complexity index is 743. The minimum Gasteiger partial charge on any atom is -0.295 e. The first kappa shape index (κ1) is 16.5. The van der Waals surface area contributed by atoms with Gasteiger partial charge in [0, 0.05) is 5.56 Å². The van der Waals surface area contributed by atoms with Gasteiger partial charge in [0.25, 0.3) is 0 Å². The van der Waals surface area contributed by atoms with Crippen molar-refractivity contribution in [2.24, 2.45) is 0 Å². The Morgan fingerprint density at radius 1 is 1.05 bits per heavy atom. The van der Waals surface area contributed by atoms with Gasteiger partial charge in [-0.15, -0.1) is 11.6 Å². The monoisotopic (exact) mass is 337 g/mol. The van der Waals surface area contributed by atoms with Crippen LogP contribution in [0, 0.1) is 0 Å². The van der Waals surface area contributed by atoms with E-state index < -0.39 is 15.2 Å². The van der Waals surface area contributed by atoms with E-state index in [2.05, 4.69) is 0 Å². The van der Waals surface area contributed by atoms with E-state index in [0.717, 1.165) is 5.56 Å². The summed E-state index contributed by atoms with van der Waals surface area (Å²) in [6.07, 6.45) is 0. The Morgan fingerprint density at radius 3 is 2.14 bits per heavy atom. The Kier molecular flexibility index (Phi) is 5.21. The molecule has 0 atom stereocenters. The third kappa shape index (κ3) is 3.87. The van der Waals surface area contributed by atoms with Crippen LogP contribution in [0.4, 0.5) is 5.69 Å². The Morgan fingerprint density at radius 2 is 1.64 bits per heavy atom. The summed E-state index contributed by atoms with van der Waals surface area (Å²) >= 11 is 5.60. The van der Waals surface area contributed by atoms with Crippen LogP contribution in [0.2, 0.25) is 0 Å². The van der Waals surface area contributed by atoms with Gasteiger partial charge in [-0.3, -0.25) is 9.10 Å². The number of nitrogens with zero attached hydrogens (tertiary/aromatic N) is 1. The molecule has 0 saturated carbocycles. The van der Waals surface area contributed by atoms with E-state index in [9.17, 15) is 13.2 Å². The molecule has 6 heteroatoms. The maximum atomic E-state index is 12.3. The fourth-order valence-electron chi connectivity index (χ4n) is 2.02. The van der Waals surface area contributed by atoms with Crippen molar-refractivity contribution in [1.82, 2.24) is 0 Å². The van der Waals surface area contributed by atoms with Gasteiger partial charge in [0.1, 0.15) is 5.21 Å². The van der Waals surface area contributed by atoms with Crippen molar-refractivity contribution < 1.29 is 13.2 Å². The molecule has 2 rings (SSSR count). The molecule has 0 aliphatic carbocycles. The number of benzene rings is 2. The van der Waals surface area contributed by atoms with Crippen LogP contribution in [-0.4, -0.2) is 19.4 Å². The van der Waals surface area contributed by atoms with Crippen LogP contribution in [0.25, 0.3) is 0 Å². The molecule has 0 aromatic heterocycles. The first-order chi connectivity index (χ1) is 10.4. The number of anilines is 1. The van der Waals surface area contributed by atoms with E-state index in [4.69, 9.17) is 11.6 Å². The van der Waals surface area contributed by atoms with Gasteiger partial charge in [-0.2, -0.15) is 0 Å². The third-order valence-corrected chi connectivity index (χ3v) is 5.32. The first-order valence-electron chi connectivity index (χ1n) is 6.65. The summed E-state index contributed by atoms with van der Waals surface area (Å²) < 4.78 is 25.7. The molecule has 116 valence electrons. The number of hydrogen-bond donors (Lipinski definition) is 0. The van der Waals surface area contributed by atoms with E-state index >= 15 is 0 Å². The number of ketones is 1. The van der Waals surface area contributed by atoms with Gasteiger partial charge in [-0.1, -0.05) is 30.3 Å². The van der Waals surface area contributed by atoms with Gasteiger partial charge < -0.3 is 0 Å². The normalized spacial score (nSPS) is 11.2. The number of alkyl halides is 1. The molecule has 0 aliphatic heterocycles. The summed E-state index contributed by atoms with van der Waals surface area (Å²) in [6.45, 7) is 1.65. The zero-order valence-corrected chi connectivity index (χ0v) is 13.6. The molecular formula is C16H16ClNO3S. The lowest BCUT2D eigenvalue weighted by molar-refractivity contribution is 0.101. The van der Waals surface area contributed by atoms with Crippen LogP contribution in [0.5, 0.6) is 0 Å². The van der Waals surface area contributed by atoms with E-state index in [1.54, 1.807) is 24.3 Å². The predicted molar refractivity (Wildman–Crippen MR) is 88.7 cm³/mol. The van der Waals surface area contributed by atoms with Crippen molar-refractivity contribution >= 4 is 33.1 Å². The van der Waals surface area contributed by atoms with Gasteiger partial charge in [0.2, 0.25) is 10.0 Å². The van der Waals surface area contributed by atoms with Crippen LogP contribution < -0.4 is 4.31 Å². The third-order valence-electron chi connectivity index (χ3n) is 3.20. The van der Waals surface area contributed by atoms with Crippen molar-refractivity contribution in [1.29, 1.82) is 0 Å². The van der Waals surface area contributed by atoms with Crippen molar-refractivity contribution in [2.75, 3.05) is 9.52 Å². The lowest BCUT2D eigenvalue weighted by Crippen LogP contribution is -2.31. The van der Waals surface area contributed by atoms with Crippen molar-refractivity contribution in [3.63, 3.8) is 0 Å². The van der Waals surface area contributed by atoms with Gasteiger partial charge in [-0.05, 0) is 36.8 Å². The van der Waals surface area contributed by atoms with Gasteiger partial charge in [-0.25, -0.2) is 8.42 Å². The zero-order chi connectivity index (χ0) is 16.2. The summed E-state index contributed by atoms with van der Waals surface area (Å²) in [4.78, 5) is 11.3. The van der Waals surface area contributed by atoms with Gasteiger partial charge in [0.15, 0.2) is 5.78 Å². The summed E-state index contributed by atoms with van der Waals surface area (Å²) in [6, 6.07) is 15.7. The van der Waals surface area contributed by atoms with Gasteiger partial charge in [0.05, 0.1) is 12.2 Å². The second-order valence-electron chi connectivity index (χ2n) is 4.82. The average Bonchev–Trinajstić information content (AvgIpc) is 2.53. The molecular weight excluding hydrogens is 322 g/mol. The molecule has 0 N–H and O–H groups in total. The molecule has 0 heterocycles. The Hall–Kier alpha value is -1.85. The second-order valence-corrected chi connectivity index (χ2v) is 7.29. The quantitative estimate of drug-likeness (QED) is 0.599. The number of carbonyl (C=O) groups is 1. The number of hydrogen-bond acceptors (Lipinski definition) is 3. The lowest BCUT2D eigenvalue weighted by Gasteiger charge is -2.23. The number of halogens is 1. The Labute approximate surface area is 135 Å². The highest BCUT2D eigenvalue weighted by Gasteiger charge is 2.22. The first-order valence-corrected chi connectivity index (χ1v) is 8.80. The van der Waals surface area contributed by atoms with Crippen LogP contribution in [0.1, 0.15) is 22.8 Å². The van der Waals surface area contributed by atoms with E-state index in [-0.39, 0.29) is 12.3 Å². The average molecular weight is 338 g/mol. The summed E-state index contributed by atoms with van der Waals surface area (Å²) in [5, 5.41) is -0.506. The minimum absolute atomic E-state index is 0.0682. The van der Waals surface area contributed by atoms with E-state index in [1.165, 1.54) is 11.2 Å². The van der Waals surface area contributed by atoms with Crippen molar-refractivity contribution in [2.45, 2.75) is 13.5 Å². The number of carbonyl (C=O) groups excluding carboxylic acids is 1. The van der Waals surface area contributed by atoms with Crippen LogP contribution in [0.15, 0.2) is 54.6 Å². The molecule has 4 nitrogen and oxygen atoms in total. The minimum atomic E-state index is -3.63. The molecule has 2 aromatic carbocycles. The van der Waals surface area contributed by atoms with E-state index in [1.807, 2.05) is 30.3 Å². The summed E-state index contributed by atoms with van der Waals surface area (Å²) in [5.74, 6) is -0.0682. The summed E-state index contributed by atoms with van der Waals surface area (Å²) in [5.41, 5.74) is 1.87. The van der Waals surface area contributed by atoms with Crippen LogP contribution in [0.3, 0.4) is 0 Å². The molecule has 0 unspecified atom stereocenters. The molecule has 0 fully saturated rings. The molecule has 2 aromatic rings. The standard InChI is InChI=1S/C16H16ClNO3S/c1-13(19)15-7-9-16(10-8-15)18(22(20,21)12-17)11-14-5-3-2-4-6-14/h2-10H,11-12H2,1H3. The van der Waals surface area contributed by atoms with Gasteiger partial charge >= 0.3 is 0 Å². The van der Waals surface area contributed by atoms with Crippen molar-refractivity contribution in [3.8, 4) is 0 Å². The SMILES string of the molecule is CC(=O)c1ccc(N(Cc2ccccc2)S(=O)(=O)CCl)cc1. The molecule has 0 aliphatic rings. The topological polar surface area (TPSA) is 54.5 Å². The highest BCUT2D eigenvalue weighted by molar-refractivity contribution is 7.93. The highest BCUT2D eigenvalue weighted by atomic mass is 35.5. The molecule has 0 bridgehead atoms. The fourth-order valence-corrected chi connectivity index (χ4v) is 3.28. The fraction of sp³-hybridized carbons (Fsp3) is 0.188. The largest absolute Gasteiger partial charge is 0.295 e. The number of sulfonamides is 1. The molecule has 0 spiro atoms. The van der Waals surface area contributed by atoms with E-state index in [0.29, 0.717) is 11.3 Å². The molecule has 0 saturated heterocycles. The highest BCUT2D eigenvalue weighted by Crippen LogP contribution is 2.22. The summed E-state index contributed by atoms with van der Waals surface area (Å²) in [7, 11) is -3.63. The molecule has 22 heavy (non-hydrogen) atoms. The van der Waals surface area contributed by atoms with Crippen LogP contribution in [-0.2, 0) is 16.6 Å². The second kappa shape index (κ2) is 6.94. The molecule has 0 amide bonds. The lowest BCUT2D eigenvalue weighted by atomic mass is 10.1. The maximum Gasteiger partial charge on any atom is 0.249 e. The molecule has 0 radical (unpaired) electrons.